The molecule has 1 N–H and O–H groups in total. The number of anilines is 2. The molecule has 1 aliphatic heterocycles. The average Bonchev–Trinajstić information content (AvgIpc) is 2.67. The largest absolute Gasteiger partial charge is 0.337 e. The summed E-state index contributed by atoms with van der Waals surface area (Å²) in [4.78, 5) is 35.8. The van der Waals surface area contributed by atoms with Crippen LogP contribution in [0.4, 0.5) is 11.6 Å². The van der Waals surface area contributed by atoms with Crippen LogP contribution in [-0.4, -0.2) is 52.9 Å². The van der Waals surface area contributed by atoms with Gasteiger partial charge in [0.05, 0.1) is 0 Å². The van der Waals surface area contributed by atoms with Gasteiger partial charge in [-0.05, 0) is 29.8 Å². The molecule has 3 rings (SSSR count). The summed E-state index contributed by atoms with van der Waals surface area (Å²) >= 11 is 0. The van der Waals surface area contributed by atoms with E-state index in [0.717, 1.165) is 24.3 Å². The van der Waals surface area contributed by atoms with Crippen molar-refractivity contribution in [3.63, 3.8) is 0 Å². The third-order valence-corrected chi connectivity index (χ3v) is 4.08. The van der Waals surface area contributed by atoms with Gasteiger partial charge >= 0.3 is 0 Å². The molecule has 0 atom stereocenters. The van der Waals surface area contributed by atoms with Gasteiger partial charge < -0.3 is 15.1 Å². The van der Waals surface area contributed by atoms with Crippen LogP contribution in [-0.2, 0) is 9.59 Å². The van der Waals surface area contributed by atoms with Gasteiger partial charge in [-0.1, -0.05) is 12.1 Å². The van der Waals surface area contributed by atoms with E-state index < -0.39 is 0 Å². The molecular weight excluding hydrogens is 330 g/mol. The van der Waals surface area contributed by atoms with Crippen LogP contribution in [0, 0.1) is 0 Å². The topological polar surface area (TPSA) is 78.4 Å². The van der Waals surface area contributed by atoms with Crippen LogP contribution in [0.3, 0.4) is 0 Å². The van der Waals surface area contributed by atoms with Crippen molar-refractivity contribution in [2.24, 2.45) is 0 Å². The molecule has 2 aromatic rings. The van der Waals surface area contributed by atoms with Gasteiger partial charge in [0.25, 0.3) is 0 Å². The lowest BCUT2D eigenvalue weighted by Crippen LogP contribution is -2.48. The Morgan fingerprint density at radius 3 is 2.31 bits per heavy atom. The number of carbonyl (C=O) groups excluding carboxylic acids is 2. The predicted molar refractivity (Wildman–Crippen MR) is 101 cm³/mol. The van der Waals surface area contributed by atoms with Crippen molar-refractivity contribution in [3.05, 3.63) is 54.4 Å². The molecular formula is C19H21N5O2. The molecule has 0 saturated carbocycles. The molecule has 7 nitrogen and oxygen atoms in total. The number of hydrogen-bond acceptors (Lipinski definition) is 5. The highest BCUT2D eigenvalue weighted by Gasteiger charge is 2.20. The predicted octanol–water partition coefficient (Wildman–Crippen LogP) is 1.80. The zero-order valence-corrected chi connectivity index (χ0v) is 14.6. The maximum atomic E-state index is 12.4. The first kappa shape index (κ1) is 17.6. The van der Waals surface area contributed by atoms with Crippen molar-refractivity contribution in [1.82, 2.24) is 14.9 Å². The van der Waals surface area contributed by atoms with Crippen molar-refractivity contribution in [2.45, 2.75) is 6.92 Å². The van der Waals surface area contributed by atoms with E-state index in [0.29, 0.717) is 19.0 Å². The van der Waals surface area contributed by atoms with Crippen LogP contribution in [0.15, 0.2) is 48.8 Å². The quantitative estimate of drug-likeness (QED) is 0.850. The van der Waals surface area contributed by atoms with Gasteiger partial charge in [-0.25, -0.2) is 9.97 Å². The number of hydrogen-bond donors (Lipinski definition) is 1. The summed E-state index contributed by atoms with van der Waals surface area (Å²) in [6.45, 7) is 4.19. The average molecular weight is 351 g/mol. The summed E-state index contributed by atoms with van der Waals surface area (Å²) in [6, 6.07) is 9.13. The molecule has 26 heavy (non-hydrogen) atoms. The number of piperazine rings is 1. The second-order valence-corrected chi connectivity index (χ2v) is 6.00. The molecule has 0 aliphatic carbocycles. The molecule has 1 saturated heterocycles. The maximum absolute atomic E-state index is 12.4. The van der Waals surface area contributed by atoms with Crippen LogP contribution in [0.25, 0.3) is 6.08 Å². The number of amides is 2. The fraction of sp³-hybridized carbons (Fsp3) is 0.263. The summed E-state index contributed by atoms with van der Waals surface area (Å²) in [5, 5.41) is 2.71. The zero-order valence-electron chi connectivity index (χ0n) is 14.6. The first-order valence-corrected chi connectivity index (χ1v) is 8.48. The normalized spacial score (nSPS) is 14.5. The van der Waals surface area contributed by atoms with Crippen molar-refractivity contribution >= 4 is 29.5 Å². The zero-order chi connectivity index (χ0) is 18.4. The Morgan fingerprint density at radius 1 is 1.04 bits per heavy atom. The fourth-order valence-corrected chi connectivity index (χ4v) is 2.74. The van der Waals surface area contributed by atoms with E-state index in [1.807, 2.05) is 29.2 Å². The van der Waals surface area contributed by atoms with Crippen LogP contribution in [0.1, 0.15) is 12.5 Å². The Morgan fingerprint density at radius 2 is 1.69 bits per heavy atom. The van der Waals surface area contributed by atoms with Gasteiger partial charge in [-0.3, -0.25) is 9.59 Å². The Bertz CT molecular complexity index is 781. The molecule has 1 fully saturated rings. The highest BCUT2D eigenvalue weighted by molar-refractivity contribution is 5.92. The van der Waals surface area contributed by atoms with Gasteiger partial charge in [0.2, 0.25) is 17.8 Å². The third-order valence-electron chi connectivity index (χ3n) is 4.08. The van der Waals surface area contributed by atoms with E-state index >= 15 is 0 Å². The minimum Gasteiger partial charge on any atom is -0.337 e. The van der Waals surface area contributed by atoms with Crippen LogP contribution in [0.5, 0.6) is 0 Å². The lowest BCUT2D eigenvalue weighted by Gasteiger charge is -2.34. The van der Waals surface area contributed by atoms with Gasteiger partial charge in [0.1, 0.15) is 0 Å². The number of benzene rings is 1. The first-order valence-electron chi connectivity index (χ1n) is 8.48. The molecule has 0 radical (unpaired) electrons. The Hall–Kier alpha value is -3.22. The van der Waals surface area contributed by atoms with Gasteiger partial charge in [-0.2, -0.15) is 0 Å². The van der Waals surface area contributed by atoms with E-state index in [1.165, 1.54) is 6.92 Å². The second kappa shape index (κ2) is 8.24. The molecule has 2 heterocycles. The Kier molecular flexibility index (Phi) is 5.58. The summed E-state index contributed by atoms with van der Waals surface area (Å²) in [5.41, 5.74) is 1.64. The summed E-state index contributed by atoms with van der Waals surface area (Å²) in [5.74, 6) is 0.586. The highest BCUT2D eigenvalue weighted by Crippen LogP contribution is 2.12. The maximum Gasteiger partial charge on any atom is 0.246 e. The van der Waals surface area contributed by atoms with Gasteiger partial charge in [0, 0.05) is 57.3 Å². The lowest BCUT2D eigenvalue weighted by molar-refractivity contribution is -0.126. The SMILES string of the molecule is CC(=O)Nc1ccc(/C=C/C(=O)N2CCN(c3ncccn3)CC2)cc1. The summed E-state index contributed by atoms with van der Waals surface area (Å²) < 4.78 is 0. The second-order valence-electron chi connectivity index (χ2n) is 6.00. The highest BCUT2D eigenvalue weighted by atomic mass is 16.2. The first-order chi connectivity index (χ1) is 12.6. The monoisotopic (exact) mass is 351 g/mol. The number of nitrogens with one attached hydrogen (secondary N) is 1. The van der Waals surface area contributed by atoms with Crippen LogP contribution in [0.2, 0.25) is 0 Å². The lowest BCUT2D eigenvalue weighted by atomic mass is 10.2. The minimum atomic E-state index is -0.108. The number of carbonyl (C=O) groups is 2. The number of aromatic nitrogens is 2. The molecule has 0 unspecified atom stereocenters. The molecule has 1 aliphatic rings. The minimum absolute atomic E-state index is 0.00966. The van der Waals surface area contributed by atoms with E-state index in [1.54, 1.807) is 30.6 Å². The molecule has 1 aromatic heterocycles. The third kappa shape index (κ3) is 4.66. The molecule has 0 spiro atoms. The van der Waals surface area contributed by atoms with Crippen molar-refractivity contribution < 1.29 is 9.59 Å². The molecule has 134 valence electrons. The molecule has 7 heteroatoms. The molecule has 1 aromatic carbocycles. The van der Waals surface area contributed by atoms with E-state index in [4.69, 9.17) is 0 Å². The van der Waals surface area contributed by atoms with Crippen molar-refractivity contribution in [1.29, 1.82) is 0 Å². The van der Waals surface area contributed by atoms with Gasteiger partial charge in [0.15, 0.2) is 0 Å². The standard InChI is InChI=1S/C19H21N5O2/c1-15(25)22-17-6-3-16(4-7-17)5-8-18(26)23-11-13-24(14-12-23)19-20-9-2-10-21-19/h2-10H,11-14H2,1H3,(H,22,25)/b8-5+. The summed E-state index contributed by atoms with van der Waals surface area (Å²) in [6.07, 6.45) is 6.81. The molecule has 2 amide bonds. The van der Waals surface area contributed by atoms with E-state index in [2.05, 4.69) is 20.2 Å². The summed E-state index contributed by atoms with van der Waals surface area (Å²) in [7, 11) is 0. The van der Waals surface area contributed by atoms with Crippen molar-refractivity contribution in [3.8, 4) is 0 Å². The Balaban J connectivity index is 1.52. The molecule has 0 bridgehead atoms. The van der Waals surface area contributed by atoms with Crippen molar-refractivity contribution in [2.75, 3.05) is 36.4 Å². The van der Waals surface area contributed by atoms with Crippen LogP contribution < -0.4 is 10.2 Å². The van der Waals surface area contributed by atoms with Gasteiger partial charge in [-0.15, -0.1) is 0 Å². The number of nitrogens with zero attached hydrogens (tertiary/aromatic N) is 4. The Labute approximate surface area is 152 Å². The smallest absolute Gasteiger partial charge is 0.246 e. The number of rotatable bonds is 4. The van der Waals surface area contributed by atoms with Crippen LogP contribution >= 0.6 is 0 Å². The fourth-order valence-electron chi connectivity index (χ4n) is 2.74. The van der Waals surface area contributed by atoms with E-state index in [9.17, 15) is 9.59 Å². The van der Waals surface area contributed by atoms with E-state index in [-0.39, 0.29) is 11.8 Å².